The third-order valence-corrected chi connectivity index (χ3v) is 4.66. The number of piperazine rings is 1. The number of hydrogen-bond donors (Lipinski definition) is 1. The first kappa shape index (κ1) is 15.0. The number of pyridine rings is 1. The normalized spacial score (nSPS) is 17.7. The molecule has 5 heteroatoms. The lowest BCUT2D eigenvalue weighted by Gasteiger charge is -2.37. The lowest BCUT2D eigenvalue weighted by molar-refractivity contribution is 0.0950. The molecule has 0 atom stereocenters. The van der Waals surface area contributed by atoms with Gasteiger partial charge in [0.15, 0.2) is 0 Å². The van der Waals surface area contributed by atoms with E-state index in [1.165, 1.54) is 5.69 Å². The van der Waals surface area contributed by atoms with Gasteiger partial charge in [-0.2, -0.15) is 0 Å². The van der Waals surface area contributed by atoms with Gasteiger partial charge in [0.1, 0.15) is 0 Å². The quantitative estimate of drug-likeness (QED) is 0.938. The van der Waals surface area contributed by atoms with Crippen LogP contribution in [0.2, 0.25) is 0 Å². The average molecular weight is 322 g/mol. The van der Waals surface area contributed by atoms with Crippen LogP contribution in [0.25, 0.3) is 0 Å². The predicted octanol–water partition coefficient (Wildman–Crippen LogP) is 2.30. The fourth-order valence-electron chi connectivity index (χ4n) is 3.08. The minimum Gasteiger partial charge on any atom is -0.368 e. The fraction of sp³-hybridized carbons (Fsp3) is 0.368. The number of para-hydroxylation sites is 1. The third kappa shape index (κ3) is 3.35. The van der Waals surface area contributed by atoms with E-state index in [1.807, 2.05) is 18.3 Å². The molecule has 1 aliphatic carbocycles. The first-order valence-electron chi connectivity index (χ1n) is 8.60. The number of aromatic nitrogens is 1. The molecule has 2 aromatic rings. The second-order valence-electron chi connectivity index (χ2n) is 6.49. The van der Waals surface area contributed by atoms with Crippen LogP contribution in [0.1, 0.15) is 23.2 Å². The van der Waals surface area contributed by atoms with Crippen molar-refractivity contribution in [1.29, 1.82) is 0 Å². The molecular weight excluding hydrogens is 300 g/mol. The summed E-state index contributed by atoms with van der Waals surface area (Å²) in [5.74, 6) is -0.00484. The van der Waals surface area contributed by atoms with Gasteiger partial charge in [0.2, 0.25) is 0 Å². The van der Waals surface area contributed by atoms with Crippen molar-refractivity contribution in [3.05, 3.63) is 54.4 Å². The highest BCUT2D eigenvalue weighted by Gasteiger charge is 2.24. The molecule has 0 bridgehead atoms. The molecule has 24 heavy (non-hydrogen) atoms. The van der Waals surface area contributed by atoms with Crippen LogP contribution < -0.4 is 15.1 Å². The summed E-state index contributed by atoms with van der Waals surface area (Å²) in [4.78, 5) is 21.2. The molecule has 0 spiro atoms. The van der Waals surface area contributed by atoms with Crippen LogP contribution in [0.4, 0.5) is 11.4 Å². The highest BCUT2D eigenvalue weighted by Crippen LogP contribution is 2.22. The van der Waals surface area contributed by atoms with Crippen LogP contribution in [0.15, 0.2) is 48.8 Å². The van der Waals surface area contributed by atoms with Gasteiger partial charge in [-0.1, -0.05) is 18.2 Å². The lowest BCUT2D eigenvalue weighted by atomic mass is 10.2. The molecule has 1 saturated carbocycles. The molecule has 0 radical (unpaired) electrons. The Morgan fingerprint density at radius 3 is 2.29 bits per heavy atom. The molecule has 124 valence electrons. The van der Waals surface area contributed by atoms with Gasteiger partial charge in [0.25, 0.3) is 5.91 Å². The van der Waals surface area contributed by atoms with Gasteiger partial charge in [0.05, 0.1) is 17.4 Å². The van der Waals surface area contributed by atoms with Crippen LogP contribution in [-0.4, -0.2) is 43.1 Å². The maximum atomic E-state index is 12.2. The number of nitrogens with zero attached hydrogens (tertiary/aromatic N) is 3. The van der Waals surface area contributed by atoms with Crippen molar-refractivity contribution in [1.82, 2.24) is 10.3 Å². The Kier molecular flexibility index (Phi) is 4.07. The van der Waals surface area contributed by atoms with Gasteiger partial charge >= 0.3 is 0 Å². The lowest BCUT2D eigenvalue weighted by Crippen LogP contribution is -2.46. The van der Waals surface area contributed by atoms with Gasteiger partial charge in [0, 0.05) is 44.1 Å². The second kappa shape index (κ2) is 6.51. The van der Waals surface area contributed by atoms with Gasteiger partial charge < -0.3 is 15.1 Å². The van der Waals surface area contributed by atoms with Crippen LogP contribution >= 0.6 is 0 Å². The van der Waals surface area contributed by atoms with Gasteiger partial charge in [-0.25, -0.2) is 0 Å². The fourth-order valence-corrected chi connectivity index (χ4v) is 3.08. The molecule has 2 heterocycles. The Labute approximate surface area is 142 Å². The Morgan fingerprint density at radius 1 is 0.958 bits per heavy atom. The van der Waals surface area contributed by atoms with Crippen LogP contribution in [0.5, 0.6) is 0 Å². The smallest absolute Gasteiger partial charge is 0.253 e. The van der Waals surface area contributed by atoms with Crippen LogP contribution in [0.3, 0.4) is 0 Å². The van der Waals surface area contributed by atoms with Gasteiger partial charge in [-0.05, 0) is 31.0 Å². The summed E-state index contributed by atoms with van der Waals surface area (Å²) in [5.41, 5.74) is 2.96. The largest absolute Gasteiger partial charge is 0.368 e. The van der Waals surface area contributed by atoms with Crippen molar-refractivity contribution in [3.8, 4) is 0 Å². The van der Waals surface area contributed by atoms with Crippen molar-refractivity contribution in [2.45, 2.75) is 18.9 Å². The van der Waals surface area contributed by atoms with Crippen molar-refractivity contribution in [3.63, 3.8) is 0 Å². The van der Waals surface area contributed by atoms with Crippen molar-refractivity contribution < 1.29 is 4.79 Å². The standard InChI is InChI=1S/C19H22N4O/c24-19(21-16-6-7-16)15-12-18(14-20-13-15)23-10-8-22(9-11-23)17-4-2-1-3-5-17/h1-5,12-14,16H,6-11H2,(H,21,24). The third-order valence-electron chi connectivity index (χ3n) is 4.66. The van der Waals surface area contributed by atoms with Crippen LogP contribution in [0, 0.1) is 0 Å². The van der Waals surface area contributed by atoms with E-state index in [-0.39, 0.29) is 5.91 Å². The van der Waals surface area contributed by atoms with E-state index in [1.54, 1.807) is 6.20 Å². The zero-order chi connectivity index (χ0) is 16.4. The first-order chi connectivity index (χ1) is 11.8. The zero-order valence-electron chi connectivity index (χ0n) is 13.7. The molecule has 4 rings (SSSR count). The van der Waals surface area contributed by atoms with E-state index < -0.39 is 0 Å². The number of carbonyl (C=O) groups is 1. The van der Waals surface area contributed by atoms with Gasteiger partial charge in [-0.15, -0.1) is 0 Å². The first-order valence-corrected chi connectivity index (χ1v) is 8.60. The van der Waals surface area contributed by atoms with Crippen molar-refractivity contribution >= 4 is 17.3 Å². The molecule has 1 amide bonds. The summed E-state index contributed by atoms with van der Waals surface area (Å²) in [7, 11) is 0. The molecular formula is C19H22N4O. The zero-order valence-corrected chi connectivity index (χ0v) is 13.7. The summed E-state index contributed by atoms with van der Waals surface area (Å²) in [5, 5.41) is 3.02. The minimum absolute atomic E-state index is 0.00484. The van der Waals surface area contributed by atoms with Crippen molar-refractivity contribution in [2.24, 2.45) is 0 Å². The molecule has 1 N–H and O–H groups in total. The summed E-state index contributed by atoms with van der Waals surface area (Å²) in [6.45, 7) is 3.82. The highest BCUT2D eigenvalue weighted by molar-refractivity contribution is 5.95. The number of nitrogens with one attached hydrogen (secondary N) is 1. The number of rotatable bonds is 4. The molecule has 1 aliphatic heterocycles. The molecule has 1 aromatic carbocycles. The number of benzene rings is 1. The number of carbonyl (C=O) groups excluding carboxylic acids is 1. The second-order valence-corrected chi connectivity index (χ2v) is 6.49. The molecule has 5 nitrogen and oxygen atoms in total. The minimum atomic E-state index is -0.00484. The van der Waals surface area contributed by atoms with E-state index >= 15 is 0 Å². The van der Waals surface area contributed by atoms with E-state index in [0.717, 1.165) is 44.7 Å². The van der Waals surface area contributed by atoms with E-state index in [9.17, 15) is 4.79 Å². The molecule has 2 fully saturated rings. The SMILES string of the molecule is O=C(NC1CC1)c1cncc(N2CCN(c3ccccc3)CC2)c1. The topological polar surface area (TPSA) is 48.5 Å². The maximum absolute atomic E-state index is 12.2. The van der Waals surface area contributed by atoms with E-state index in [0.29, 0.717) is 11.6 Å². The number of anilines is 2. The maximum Gasteiger partial charge on any atom is 0.253 e. The Balaban J connectivity index is 1.41. The van der Waals surface area contributed by atoms with Crippen LogP contribution in [-0.2, 0) is 0 Å². The van der Waals surface area contributed by atoms with Crippen molar-refractivity contribution in [2.75, 3.05) is 36.0 Å². The Morgan fingerprint density at radius 2 is 1.62 bits per heavy atom. The molecule has 1 aromatic heterocycles. The average Bonchev–Trinajstić information content (AvgIpc) is 3.47. The Bertz CT molecular complexity index is 706. The summed E-state index contributed by atoms with van der Waals surface area (Å²) < 4.78 is 0. The molecule has 1 saturated heterocycles. The highest BCUT2D eigenvalue weighted by atomic mass is 16.1. The number of amides is 1. The van der Waals surface area contributed by atoms with E-state index in [2.05, 4.69) is 44.4 Å². The Hall–Kier alpha value is -2.56. The summed E-state index contributed by atoms with van der Waals surface area (Å²) >= 11 is 0. The summed E-state index contributed by atoms with van der Waals surface area (Å²) in [6, 6.07) is 12.8. The van der Waals surface area contributed by atoms with Gasteiger partial charge in [-0.3, -0.25) is 9.78 Å². The summed E-state index contributed by atoms with van der Waals surface area (Å²) in [6.07, 6.45) is 5.70. The predicted molar refractivity (Wildman–Crippen MR) is 95.6 cm³/mol. The monoisotopic (exact) mass is 322 g/mol. The molecule has 2 aliphatic rings. The molecule has 0 unspecified atom stereocenters. The van der Waals surface area contributed by atoms with E-state index in [4.69, 9.17) is 0 Å². The number of hydrogen-bond acceptors (Lipinski definition) is 4.